The SMILES string of the molecule is COC(=O)Cn1c(SCC(=O)NC(=O)NC2CCCC2)nc2ccccc2c1=O. The first kappa shape index (κ1) is 20.8. The smallest absolute Gasteiger partial charge is 0.325 e. The molecule has 1 fully saturated rings. The molecule has 3 rings (SSSR count). The lowest BCUT2D eigenvalue weighted by atomic mass is 10.2. The van der Waals surface area contributed by atoms with Crippen LogP contribution < -0.4 is 16.2 Å². The largest absolute Gasteiger partial charge is 0.468 e. The molecule has 1 heterocycles. The van der Waals surface area contributed by atoms with Gasteiger partial charge < -0.3 is 10.1 Å². The molecule has 10 heteroatoms. The molecule has 0 aliphatic heterocycles. The number of rotatable bonds is 6. The van der Waals surface area contributed by atoms with Crippen LogP contribution in [-0.4, -0.2) is 46.4 Å². The number of amides is 3. The fourth-order valence-corrected chi connectivity index (χ4v) is 3.97. The summed E-state index contributed by atoms with van der Waals surface area (Å²) in [7, 11) is 1.23. The van der Waals surface area contributed by atoms with Gasteiger partial charge in [-0.3, -0.25) is 24.3 Å². The average Bonchev–Trinajstić information content (AvgIpc) is 3.21. The Hall–Kier alpha value is -2.88. The number of fused-ring (bicyclic) bond motifs is 1. The highest BCUT2D eigenvalue weighted by Crippen LogP contribution is 2.18. The molecule has 0 atom stereocenters. The minimum atomic E-state index is -0.605. The second kappa shape index (κ2) is 9.55. The molecule has 0 unspecified atom stereocenters. The number of nitrogens with one attached hydrogen (secondary N) is 2. The van der Waals surface area contributed by atoms with E-state index in [1.165, 1.54) is 11.7 Å². The van der Waals surface area contributed by atoms with Crippen molar-refractivity contribution in [3.8, 4) is 0 Å². The van der Waals surface area contributed by atoms with E-state index in [4.69, 9.17) is 0 Å². The molecule has 154 valence electrons. The average molecular weight is 418 g/mol. The van der Waals surface area contributed by atoms with Gasteiger partial charge in [-0.2, -0.15) is 0 Å². The normalized spacial score (nSPS) is 14.0. The fraction of sp³-hybridized carbons (Fsp3) is 0.421. The van der Waals surface area contributed by atoms with Crippen molar-refractivity contribution >= 4 is 40.6 Å². The number of thioether (sulfide) groups is 1. The number of hydrogen-bond donors (Lipinski definition) is 2. The van der Waals surface area contributed by atoms with Crippen molar-refractivity contribution in [3.05, 3.63) is 34.6 Å². The maximum absolute atomic E-state index is 12.8. The molecule has 29 heavy (non-hydrogen) atoms. The Labute approximate surface area is 171 Å². The second-order valence-electron chi connectivity index (χ2n) is 6.67. The number of urea groups is 1. The van der Waals surface area contributed by atoms with E-state index in [2.05, 4.69) is 20.4 Å². The van der Waals surface area contributed by atoms with E-state index in [0.29, 0.717) is 10.9 Å². The predicted molar refractivity (Wildman–Crippen MR) is 108 cm³/mol. The Morgan fingerprint density at radius 3 is 2.69 bits per heavy atom. The van der Waals surface area contributed by atoms with Crippen LogP contribution in [-0.2, 0) is 20.9 Å². The fourth-order valence-electron chi connectivity index (χ4n) is 3.18. The van der Waals surface area contributed by atoms with Gasteiger partial charge in [0.25, 0.3) is 5.56 Å². The van der Waals surface area contributed by atoms with E-state index in [0.717, 1.165) is 37.4 Å². The zero-order valence-electron chi connectivity index (χ0n) is 16.0. The number of carbonyl (C=O) groups is 3. The van der Waals surface area contributed by atoms with Gasteiger partial charge in [0.1, 0.15) is 6.54 Å². The molecule has 1 aromatic carbocycles. The van der Waals surface area contributed by atoms with Gasteiger partial charge in [0.15, 0.2) is 5.16 Å². The Balaban J connectivity index is 1.71. The molecule has 0 spiro atoms. The van der Waals surface area contributed by atoms with E-state index in [1.54, 1.807) is 24.3 Å². The Morgan fingerprint density at radius 1 is 1.24 bits per heavy atom. The zero-order valence-corrected chi connectivity index (χ0v) is 16.8. The van der Waals surface area contributed by atoms with Gasteiger partial charge in [0, 0.05) is 6.04 Å². The van der Waals surface area contributed by atoms with Crippen molar-refractivity contribution in [2.75, 3.05) is 12.9 Å². The van der Waals surface area contributed by atoms with Gasteiger partial charge in [-0.1, -0.05) is 36.7 Å². The summed E-state index contributed by atoms with van der Waals surface area (Å²) in [5, 5.41) is 5.62. The quantitative estimate of drug-likeness (QED) is 0.414. The molecule has 1 aliphatic carbocycles. The lowest BCUT2D eigenvalue weighted by Gasteiger charge is -2.13. The maximum atomic E-state index is 12.8. The summed E-state index contributed by atoms with van der Waals surface area (Å²) in [4.78, 5) is 52.9. The molecular weight excluding hydrogens is 396 g/mol. The van der Waals surface area contributed by atoms with Crippen molar-refractivity contribution in [2.24, 2.45) is 0 Å². The minimum absolute atomic E-state index is 0.0999. The monoisotopic (exact) mass is 418 g/mol. The first-order chi connectivity index (χ1) is 14.0. The molecule has 1 aliphatic rings. The van der Waals surface area contributed by atoms with E-state index in [-0.39, 0.29) is 23.5 Å². The number of methoxy groups -OCH3 is 1. The lowest BCUT2D eigenvalue weighted by Crippen LogP contribution is -2.44. The van der Waals surface area contributed by atoms with Crippen LogP contribution in [0.4, 0.5) is 4.79 Å². The van der Waals surface area contributed by atoms with Crippen LogP contribution in [0.15, 0.2) is 34.2 Å². The van der Waals surface area contributed by atoms with Crippen LogP contribution in [0.25, 0.3) is 10.9 Å². The zero-order chi connectivity index (χ0) is 20.8. The maximum Gasteiger partial charge on any atom is 0.325 e. The Kier molecular flexibility index (Phi) is 6.86. The predicted octanol–water partition coefficient (Wildman–Crippen LogP) is 1.43. The second-order valence-corrected chi connectivity index (χ2v) is 7.61. The minimum Gasteiger partial charge on any atom is -0.468 e. The topological polar surface area (TPSA) is 119 Å². The Bertz CT molecular complexity index is 984. The third kappa shape index (κ3) is 5.35. The van der Waals surface area contributed by atoms with E-state index < -0.39 is 23.5 Å². The van der Waals surface area contributed by atoms with E-state index >= 15 is 0 Å². The molecule has 0 bridgehead atoms. The molecule has 2 aromatic rings. The number of imide groups is 1. The molecule has 2 N–H and O–H groups in total. The number of benzene rings is 1. The van der Waals surface area contributed by atoms with Crippen LogP contribution in [0.5, 0.6) is 0 Å². The first-order valence-electron chi connectivity index (χ1n) is 9.27. The number of nitrogens with zero attached hydrogens (tertiary/aromatic N) is 2. The van der Waals surface area contributed by atoms with Gasteiger partial charge in [-0.05, 0) is 25.0 Å². The van der Waals surface area contributed by atoms with Crippen LogP contribution in [0.2, 0.25) is 0 Å². The number of carbonyl (C=O) groups excluding carboxylic acids is 3. The summed E-state index contributed by atoms with van der Waals surface area (Å²) in [6.07, 6.45) is 3.97. The first-order valence-corrected chi connectivity index (χ1v) is 10.3. The van der Waals surface area contributed by atoms with Crippen LogP contribution in [0.3, 0.4) is 0 Å². The third-order valence-corrected chi connectivity index (χ3v) is 5.59. The summed E-state index contributed by atoms with van der Waals surface area (Å²) in [6, 6.07) is 6.32. The van der Waals surface area contributed by atoms with Crippen LogP contribution >= 0.6 is 11.8 Å². The van der Waals surface area contributed by atoms with Gasteiger partial charge in [0.05, 0.1) is 23.8 Å². The number of esters is 1. The highest BCUT2D eigenvalue weighted by molar-refractivity contribution is 7.99. The van der Waals surface area contributed by atoms with Gasteiger partial charge in [0.2, 0.25) is 5.91 Å². The van der Waals surface area contributed by atoms with Crippen LogP contribution in [0.1, 0.15) is 25.7 Å². The molecule has 9 nitrogen and oxygen atoms in total. The highest BCUT2D eigenvalue weighted by atomic mass is 32.2. The number of hydrogen-bond acceptors (Lipinski definition) is 7. The number of para-hydroxylation sites is 1. The van der Waals surface area contributed by atoms with Crippen molar-refractivity contribution in [1.82, 2.24) is 20.2 Å². The molecule has 1 saturated carbocycles. The standard InChI is InChI=1S/C19H22N4O5S/c1-28-16(25)10-23-17(26)13-8-4-5-9-14(13)21-19(23)29-11-15(24)22-18(27)20-12-6-2-3-7-12/h4-5,8-9,12H,2-3,6-7,10-11H2,1H3,(H2,20,22,24,27). The molecule has 3 amide bonds. The van der Waals surface area contributed by atoms with Gasteiger partial charge in [-0.25, -0.2) is 9.78 Å². The molecule has 0 radical (unpaired) electrons. The molecule has 1 aromatic heterocycles. The number of ether oxygens (including phenoxy) is 1. The summed E-state index contributed by atoms with van der Waals surface area (Å²) < 4.78 is 5.82. The van der Waals surface area contributed by atoms with E-state index in [9.17, 15) is 19.2 Å². The van der Waals surface area contributed by atoms with Crippen molar-refractivity contribution in [3.63, 3.8) is 0 Å². The molecular formula is C19H22N4O5S. The third-order valence-electron chi connectivity index (χ3n) is 4.62. The lowest BCUT2D eigenvalue weighted by molar-refractivity contribution is -0.141. The summed E-state index contributed by atoms with van der Waals surface area (Å²) in [6.45, 7) is -0.320. The highest BCUT2D eigenvalue weighted by Gasteiger charge is 2.19. The van der Waals surface area contributed by atoms with Crippen molar-refractivity contribution in [2.45, 2.75) is 43.4 Å². The molecule has 0 saturated heterocycles. The summed E-state index contributed by atoms with van der Waals surface area (Å²) in [5.74, 6) is -1.26. The summed E-state index contributed by atoms with van der Waals surface area (Å²) >= 11 is 0.973. The van der Waals surface area contributed by atoms with E-state index in [1.807, 2.05) is 0 Å². The van der Waals surface area contributed by atoms with Crippen LogP contribution in [0, 0.1) is 0 Å². The Morgan fingerprint density at radius 2 is 1.97 bits per heavy atom. The van der Waals surface area contributed by atoms with Gasteiger partial charge in [-0.15, -0.1) is 0 Å². The summed E-state index contributed by atoms with van der Waals surface area (Å²) in [5.41, 5.74) is 0.0587. The van der Waals surface area contributed by atoms with Crippen molar-refractivity contribution in [1.29, 1.82) is 0 Å². The van der Waals surface area contributed by atoms with Gasteiger partial charge >= 0.3 is 12.0 Å². The van der Waals surface area contributed by atoms with Crippen molar-refractivity contribution < 1.29 is 19.1 Å². The number of aromatic nitrogens is 2.